The summed E-state index contributed by atoms with van der Waals surface area (Å²) in [4.78, 5) is 11.5. The first-order valence-corrected chi connectivity index (χ1v) is 6.37. The molecule has 0 atom stereocenters. The number of halogens is 2. The van der Waals surface area contributed by atoms with Crippen molar-refractivity contribution >= 4 is 27.7 Å². The average molecular weight is 324 g/mol. The predicted octanol–water partition coefficient (Wildman–Crippen LogP) is 4.34. The lowest BCUT2D eigenvalue weighted by molar-refractivity contribution is 0.154. The molecule has 2 aromatic carbocycles. The Bertz CT molecular complexity index is 575. The van der Waals surface area contributed by atoms with Crippen LogP contribution >= 0.6 is 15.9 Å². The van der Waals surface area contributed by atoms with Crippen LogP contribution in [0.25, 0.3) is 0 Å². The second kappa shape index (κ2) is 6.33. The van der Waals surface area contributed by atoms with E-state index in [4.69, 9.17) is 4.74 Å². The highest BCUT2D eigenvalue weighted by Gasteiger charge is 2.06. The van der Waals surface area contributed by atoms with Crippen molar-refractivity contribution in [3.63, 3.8) is 0 Å². The quantitative estimate of drug-likeness (QED) is 0.912. The molecule has 3 nitrogen and oxygen atoms in total. The molecule has 0 heterocycles. The fourth-order valence-electron chi connectivity index (χ4n) is 1.47. The number of benzene rings is 2. The Morgan fingerprint density at radius 1 is 1.21 bits per heavy atom. The summed E-state index contributed by atoms with van der Waals surface area (Å²) in [6.45, 7) is -0.00297. The first-order chi connectivity index (χ1) is 9.15. The molecule has 0 spiro atoms. The van der Waals surface area contributed by atoms with Crippen molar-refractivity contribution in [3.8, 4) is 0 Å². The smallest absolute Gasteiger partial charge is 0.411 e. The van der Waals surface area contributed by atoms with Gasteiger partial charge in [0.15, 0.2) is 0 Å². The molecular weight excluding hydrogens is 313 g/mol. The highest BCUT2D eigenvalue weighted by atomic mass is 79.9. The van der Waals surface area contributed by atoms with Crippen molar-refractivity contribution in [2.45, 2.75) is 6.61 Å². The van der Waals surface area contributed by atoms with Crippen molar-refractivity contribution in [2.75, 3.05) is 5.32 Å². The number of amides is 1. The number of ether oxygens (including phenoxy) is 1. The van der Waals surface area contributed by atoms with Gasteiger partial charge in [0, 0.05) is 15.7 Å². The highest BCUT2D eigenvalue weighted by molar-refractivity contribution is 9.10. The average Bonchev–Trinajstić information content (AvgIpc) is 2.41. The zero-order valence-electron chi connectivity index (χ0n) is 9.90. The third-order valence-corrected chi connectivity index (χ3v) is 3.16. The Kier molecular flexibility index (Phi) is 4.52. The van der Waals surface area contributed by atoms with Gasteiger partial charge in [-0.05, 0) is 30.3 Å². The zero-order valence-corrected chi connectivity index (χ0v) is 11.5. The van der Waals surface area contributed by atoms with E-state index in [1.165, 1.54) is 12.1 Å². The van der Waals surface area contributed by atoms with Gasteiger partial charge < -0.3 is 4.74 Å². The normalized spacial score (nSPS) is 10.0. The number of hydrogen-bond donors (Lipinski definition) is 1. The molecule has 0 aromatic heterocycles. The van der Waals surface area contributed by atoms with E-state index in [0.717, 1.165) is 0 Å². The van der Waals surface area contributed by atoms with E-state index >= 15 is 0 Å². The van der Waals surface area contributed by atoms with Crippen LogP contribution in [0.15, 0.2) is 53.0 Å². The molecular formula is C14H11BrFNO2. The maximum absolute atomic E-state index is 13.0. The lowest BCUT2D eigenvalue weighted by Crippen LogP contribution is -2.13. The summed E-state index contributed by atoms with van der Waals surface area (Å²) in [6, 6.07) is 13.2. The van der Waals surface area contributed by atoms with Gasteiger partial charge in [-0.1, -0.05) is 34.1 Å². The van der Waals surface area contributed by atoms with Gasteiger partial charge in [0.2, 0.25) is 0 Å². The minimum atomic E-state index is -0.581. The van der Waals surface area contributed by atoms with E-state index in [-0.39, 0.29) is 12.4 Å². The molecule has 1 amide bonds. The molecule has 0 aliphatic carbocycles. The molecule has 0 saturated heterocycles. The molecule has 0 aliphatic heterocycles. The van der Waals surface area contributed by atoms with Gasteiger partial charge in [-0.3, -0.25) is 5.32 Å². The van der Waals surface area contributed by atoms with Crippen LogP contribution in [-0.2, 0) is 11.3 Å². The number of carbonyl (C=O) groups excluding carboxylic acids is 1. The second-order valence-corrected chi connectivity index (χ2v) is 4.66. The minimum Gasteiger partial charge on any atom is -0.444 e. The van der Waals surface area contributed by atoms with Crippen molar-refractivity contribution in [3.05, 3.63) is 64.4 Å². The van der Waals surface area contributed by atoms with Gasteiger partial charge in [0.25, 0.3) is 0 Å². The molecule has 1 N–H and O–H groups in total. The third-order valence-electron chi connectivity index (χ3n) is 2.39. The molecule has 0 bridgehead atoms. The van der Waals surface area contributed by atoms with E-state index in [9.17, 15) is 9.18 Å². The van der Waals surface area contributed by atoms with Gasteiger partial charge in [0.1, 0.15) is 12.4 Å². The van der Waals surface area contributed by atoms with Crippen LogP contribution in [0, 0.1) is 5.82 Å². The number of hydrogen-bond acceptors (Lipinski definition) is 2. The van der Waals surface area contributed by atoms with Crippen LogP contribution in [0.1, 0.15) is 5.56 Å². The second-order valence-electron chi connectivity index (χ2n) is 3.80. The Hall–Kier alpha value is -1.88. The zero-order chi connectivity index (χ0) is 13.7. The van der Waals surface area contributed by atoms with Crippen LogP contribution in [0.2, 0.25) is 0 Å². The molecule has 5 heteroatoms. The van der Waals surface area contributed by atoms with Gasteiger partial charge in [-0.25, -0.2) is 9.18 Å². The Labute approximate surface area is 118 Å². The molecule has 0 saturated carbocycles. The van der Waals surface area contributed by atoms with E-state index in [1.807, 2.05) is 6.07 Å². The maximum Gasteiger partial charge on any atom is 0.411 e. The molecule has 2 aromatic rings. The fourth-order valence-corrected chi connectivity index (χ4v) is 1.83. The molecule has 98 valence electrons. The van der Waals surface area contributed by atoms with Crippen molar-refractivity contribution < 1.29 is 13.9 Å². The topological polar surface area (TPSA) is 38.3 Å². The van der Waals surface area contributed by atoms with Gasteiger partial charge in [-0.2, -0.15) is 0 Å². The number of para-hydroxylation sites is 1. The molecule has 0 radical (unpaired) electrons. The standard InChI is InChI=1S/C14H11BrFNO2/c15-13-7-6-11(16)8-10(13)9-19-14(18)17-12-4-2-1-3-5-12/h1-8H,9H2,(H,17,18). The summed E-state index contributed by atoms with van der Waals surface area (Å²) in [5.74, 6) is -0.370. The van der Waals surface area contributed by atoms with Crippen molar-refractivity contribution in [1.29, 1.82) is 0 Å². The summed E-state index contributed by atoms with van der Waals surface area (Å²) in [6.07, 6.45) is -0.581. The van der Waals surface area contributed by atoms with Crippen LogP contribution in [-0.4, -0.2) is 6.09 Å². The monoisotopic (exact) mass is 323 g/mol. The van der Waals surface area contributed by atoms with E-state index in [2.05, 4.69) is 21.2 Å². The lowest BCUT2D eigenvalue weighted by atomic mass is 10.2. The summed E-state index contributed by atoms with van der Waals surface area (Å²) in [5.41, 5.74) is 1.22. The van der Waals surface area contributed by atoms with Crippen molar-refractivity contribution in [2.24, 2.45) is 0 Å². The Morgan fingerprint density at radius 2 is 1.95 bits per heavy atom. The third kappa shape index (κ3) is 4.06. The summed E-state index contributed by atoms with van der Waals surface area (Å²) in [5, 5.41) is 2.58. The number of anilines is 1. The van der Waals surface area contributed by atoms with Crippen LogP contribution in [0.3, 0.4) is 0 Å². The molecule has 19 heavy (non-hydrogen) atoms. The summed E-state index contributed by atoms with van der Waals surface area (Å²) in [7, 11) is 0. The summed E-state index contributed by atoms with van der Waals surface area (Å²) >= 11 is 3.27. The van der Waals surface area contributed by atoms with Crippen molar-refractivity contribution in [1.82, 2.24) is 0 Å². The SMILES string of the molecule is O=C(Nc1ccccc1)OCc1cc(F)ccc1Br. The van der Waals surface area contributed by atoms with E-state index < -0.39 is 6.09 Å². The predicted molar refractivity (Wildman–Crippen MR) is 74.3 cm³/mol. The van der Waals surface area contributed by atoms with E-state index in [1.54, 1.807) is 30.3 Å². The Balaban J connectivity index is 1.92. The number of rotatable bonds is 3. The highest BCUT2D eigenvalue weighted by Crippen LogP contribution is 2.18. The molecule has 0 unspecified atom stereocenters. The van der Waals surface area contributed by atoms with Gasteiger partial charge in [-0.15, -0.1) is 0 Å². The van der Waals surface area contributed by atoms with Crippen LogP contribution in [0.5, 0.6) is 0 Å². The van der Waals surface area contributed by atoms with Gasteiger partial charge >= 0.3 is 6.09 Å². The molecule has 0 fully saturated rings. The van der Waals surface area contributed by atoms with Crippen LogP contribution < -0.4 is 5.32 Å². The van der Waals surface area contributed by atoms with Crippen LogP contribution in [0.4, 0.5) is 14.9 Å². The Morgan fingerprint density at radius 3 is 2.68 bits per heavy atom. The maximum atomic E-state index is 13.0. The summed E-state index contributed by atoms with van der Waals surface area (Å²) < 4.78 is 18.8. The van der Waals surface area contributed by atoms with Gasteiger partial charge in [0.05, 0.1) is 0 Å². The number of carbonyl (C=O) groups is 1. The fraction of sp³-hybridized carbons (Fsp3) is 0.0714. The first-order valence-electron chi connectivity index (χ1n) is 5.58. The molecule has 2 rings (SSSR count). The lowest BCUT2D eigenvalue weighted by Gasteiger charge is -2.08. The molecule has 0 aliphatic rings. The number of nitrogens with one attached hydrogen (secondary N) is 1. The minimum absolute atomic E-state index is 0.00297. The van der Waals surface area contributed by atoms with E-state index in [0.29, 0.717) is 15.7 Å². The largest absolute Gasteiger partial charge is 0.444 e. The first kappa shape index (κ1) is 13.5.